The maximum absolute atomic E-state index is 12.5. The smallest absolute Gasteiger partial charge is 0.257 e. The van der Waals surface area contributed by atoms with Gasteiger partial charge in [-0.2, -0.15) is 0 Å². The topological polar surface area (TPSA) is 54.0 Å². The van der Waals surface area contributed by atoms with Crippen LogP contribution in [0.4, 0.5) is 5.13 Å². The van der Waals surface area contributed by atoms with Gasteiger partial charge < -0.3 is 5.32 Å². The fourth-order valence-electron chi connectivity index (χ4n) is 3.26. The first kappa shape index (κ1) is 17.5. The lowest BCUT2D eigenvalue weighted by Crippen LogP contribution is -2.27. The molecule has 6 heteroatoms. The molecular formula is C20H20ClN3OS. The van der Waals surface area contributed by atoms with Gasteiger partial charge in [0.1, 0.15) is 0 Å². The van der Waals surface area contributed by atoms with E-state index in [4.69, 9.17) is 11.6 Å². The van der Waals surface area contributed by atoms with Gasteiger partial charge in [-0.1, -0.05) is 35.6 Å². The average molecular weight is 386 g/mol. The van der Waals surface area contributed by atoms with Crippen molar-refractivity contribution in [3.05, 3.63) is 59.7 Å². The predicted molar refractivity (Wildman–Crippen MR) is 109 cm³/mol. The summed E-state index contributed by atoms with van der Waals surface area (Å²) in [6.07, 6.45) is 10.2. The van der Waals surface area contributed by atoms with Crippen LogP contribution in [-0.2, 0) is 4.79 Å². The molecule has 2 aromatic rings. The fourth-order valence-corrected chi connectivity index (χ4v) is 4.41. The number of halogens is 1. The monoisotopic (exact) mass is 385 g/mol. The van der Waals surface area contributed by atoms with Crippen LogP contribution in [0, 0.1) is 5.92 Å². The van der Waals surface area contributed by atoms with Crippen molar-refractivity contribution in [2.24, 2.45) is 5.92 Å². The molecule has 4 nitrogen and oxygen atoms in total. The van der Waals surface area contributed by atoms with Gasteiger partial charge in [-0.25, -0.2) is 4.98 Å². The quantitative estimate of drug-likeness (QED) is 0.776. The van der Waals surface area contributed by atoms with E-state index in [1.54, 1.807) is 0 Å². The van der Waals surface area contributed by atoms with Crippen LogP contribution in [0.25, 0.3) is 10.2 Å². The zero-order chi connectivity index (χ0) is 17.9. The Hall–Kier alpha value is -1.95. The molecule has 1 aromatic carbocycles. The van der Waals surface area contributed by atoms with E-state index >= 15 is 0 Å². The summed E-state index contributed by atoms with van der Waals surface area (Å²) in [6, 6.07) is 7.84. The summed E-state index contributed by atoms with van der Waals surface area (Å²) in [7, 11) is 0. The van der Waals surface area contributed by atoms with E-state index in [1.807, 2.05) is 42.5 Å². The summed E-state index contributed by atoms with van der Waals surface area (Å²) in [4.78, 5) is 17.0. The van der Waals surface area contributed by atoms with Crippen LogP contribution in [-0.4, -0.2) is 29.4 Å². The second kappa shape index (κ2) is 7.74. The Labute approximate surface area is 161 Å². The molecule has 4 rings (SSSR count). The summed E-state index contributed by atoms with van der Waals surface area (Å²) in [6.45, 7) is 2.10. The zero-order valence-electron chi connectivity index (χ0n) is 14.2. The summed E-state index contributed by atoms with van der Waals surface area (Å²) < 4.78 is 1.05. The lowest BCUT2D eigenvalue weighted by molar-refractivity contribution is -0.112. The highest BCUT2D eigenvalue weighted by molar-refractivity contribution is 7.22. The number of thiazole rings is 1. The van der Waals surface area contributed by atoms with Gasteiger partial charge in [0, 0.05) is 5.57 Å². The third kappa shape index (κ3) is 3.90. The second-order valence-electron chi connectivity index (χ2n) is 6.55. The highest BCUT2D eigenvalue weighted by atomic mass is 35.5. The number of fused-ring (bicyclic) bond motifs is 1. The number of allylic oxidation sites excluding steroid dienone is 4. The molecule has 1 fully saturated rings. The molecule has 26 heavy (non-hydrogen) atoms. The number of amides is 1. The molecule has 134 valence electrons. The van der Waals surface area contributed by atoms with Crippen molar-refractivity contribution in [1.29, 1.82) is 0 Å². The van der Waals surface area contributed by atoms with Gasteiger partial charge in [0.15, 0.2) is 5.13 Å². The molecule has 1 aromatic heterocycles. The summed E-state index contributed by atoms with van der Waals surface area (Å²) in [5.74, 6) is 0.385. The number of hydrogen-bond acceptors (Lipinski definition) is 4. The molecule has 2 aliphatic rings. The van der Waals surface area contributed by atoms with Crippen molar-refractivity contribution < 1.29 is 4.79 Å². The van der Waals surface area contributed by atoms with Gasteiger partial charge in [-0.05, 0) is 61.7 Å². The number of alkyl halides is 1. The van der Waals surface area contributed by atoms with E-state index in [0.717, 1.165) is 41.7 Å². The number of carbonyl (C=O) groups excluding carboxylic acids is 1. The minimum atomic E-state index is -0.272. The third-order valence-electron chi connectivity index (χ3n) is 4.69. The van der Waals surface area contributed by atoms with Crippen LogP contribution >= 0.6 is 22.9 Å². The molecule has 2 heterocycles. The lowest BCUT2D eigenvalue weighted by Gasteiger charge is -2.22. The zero-order valence-corrected chi connectivity index (χ0v) is 15.8. The Morgan fingerprint density at radius 3 is 2.85 bits per heavy atom. The number of rotatable bonds is 3. The van der Waals surface area contributed by atoms with Crippen molar-refractivity contribution in [3.63, 3.8) is 0 Å². The third-order valence-corrected chi connectivity index (χ3v) is 6.02. The average Bonchev–Trinajstić information content (AvgIpc) is 3.06. The number of anilines is 1. The van der Waals surface area contributed by atoms with Gasteiger partial charge in [0.25, 0.3) is 5.91 Å². The summed E-state index contributed by atoms with van der Waals surface area (Å²) in [5, 5.41) is 6.58. The van der Waals surface area contributed by atoms with E-state index in [9.17, 15) is 4.79 Å². The molecule has 0 spiro atoms. The van der Waals surface area contributed by atoms with Gasteiger partial charge in [0.2, 0.25) is 0 Å². The van der Waals surface area contributed by atoms with Crippen LogP contribution in [0.1, 0.15) is 12.8 Å². The van der Waals surface area contributed by atoms with Crippen LogP contribution in [0.15, 0.2) is 59.7 Å². The predicted octanol–water partition coefficient (Wildman–Crippen LogP) is 4.26. The van der Waals surface area contributed by atoms with Crippen LogP contribution in [0.3, 0.4) is 0 Å². The van der Waals surface area contributed by atoms with Crippen molar-refractivity contribution in [2.75, 3.05) is 18.4 Å². The minimum absolute atomic E-state index is 0.174. The number of para-hydroxylation sites is 1. The molecule has 0 saturated carbocycles. The largest absolute Gasteiger partial charge is 0.317 e. The van der Waals surface area contributed by atoms with E-state index in [0.29, 0.717) is 16.6 Å². The van der Waals surface area contributed by atoms with E-state index in [2.05, 4.69) is 21.7 Å². The van der Waals surface area contributed by atoms with Crippen molar-refractivity contribution in [1.82, 2.24) is 10.3 Å². The van der Waals surface area contributed by atoms with E-state index in [-0.39, 0.29) is 11.3 Å². The van der Waals surface area contributed by atoms with Crippen LogP contribution in [0.5, 0.6) is 0 Å². The van der Waals surface area contributed by atoms with E-state index in [1.165, 1.54) is 11.3 Å². The number of nitrogens with one attached hydrogen (secondary N) is 2. The van der Waals surface area contributed by atoms with Crippen molar-refractivity contribution in [3.8, 4) is 0 Å². The first-order valence-electron chi connectivity index (χ1n) is 8.82. The first-order chi connectivity index (χ1) is 12.7. The standard InChI is InChI=1S/C20H20ClN3OS/c21-16-12-15(6-5-14(16)11-13-7-9-22-10-8-13)19(25)24-20-23-17-3-1-2-4-18(17)26-20/h1-6,11-13,16,22H,7-10H2,(H,23,24,25). The Kier molecular flexibility index (Phi) is 5.20. The summed E-state index contributed by atoms with van der Waals surface area (Å²) in [5.41, 5.74) is 2.55. The van der Waals surface area contributed by atoms with Crippen molar-refractivity contribution >= 4 is 44.2 Å². The molecule has 1 atom stereocenters. The first-order valence-corrected chi connectivity index (χ1v) is 10.1. The van der Waals surface area contributed by atoms with Gasteiger partial charge in [-0.3, -0.25) is 10.1 Å². The highest BCUT2D eigenvalue weighted by Crippen LogP contribution is 2.28. The SMILES string of the molecule is O=C(Nc1nc2ccccc2s1)C1=CC(Cl)C(=CC2CCNCC2)C=C1. The van der Waals surface area contributed by atoms with E-state index < -0.39 is 0 Å². The molecule has 1 amide bonds. The number of piperidine rings is 1. The number of aromatic nitrogens is 1. The van der Waals surface area contributed by atoms with Gasteiger partial charge >= 0.3 is 0 Å². The molecule has 1 aliphatic heterocycles. The number of carbonyl (C=O) groups is 1. The molecule has 0 bridgehead atoms. The maximum atomic E-state index is 12.5. The Balaban J connectivity index is 1.44. The van der Waals surface area contributed by atoms with Crippen LogP contribution in [0.2, 0.25) is 0 Å². The molecule has 1 aliphatic carbocycles. The number of nitrogens with zero attached hydrogens (tertiary/aromatic N) is 1. The second-order valence-corrected chi connectivity index (χ2v) is 8.05. The molecule has 2 N–H and O–H groups in total. The number of benzene rings is 1. The Morgan fingerprint density at radius 1 is 1.27 bits per heavy atom. The highest BCUT2D eigenvalue weighted by Gasteiger charge is 2.19. The molecule has 1 unspecified atom stereocenters. The van der Waals surface area contributed by atoms with Crippen molar-refractivity contribution in [2.45, 2.75) is 18.2 Å². The lowest BCUT2D eigenvalue weighted by atomic mass is 9.92. The molecule has 0 radical (unpaired) electrons. The molecule has 1 saturated heterocycles. The normalized spacial score (nSPS) is 22.6. The minimum Gasteiger partial charge on any atom is -0.317 e. The Morgan fingerprint density at radius 2 is 2.08 bits per heavy atom. The fraction of sp³-hybridized carbons (Fsp3) is 0.300. The molecular weight excluding hydrogens is 366 g/mol. The van der Waals surface area contributed by atoms with Gasteiger partial charge in [0.05, 0.1) is 15.6 Å². The number of hydrogen-bond donors (Lipinski definition) is 2. The van der Waals surface area contributed by atoms with Crippen LogP contribution < -0.4 is 10.6 Å². The van der Waals surface area contributed by atoms with Gasteiger partial charge in [-0.15, -0.1) is 11.6 Å². The summed E-state index contributed by atoms with van der Waals surface area (Å²) >= 11 is 7.97. The maximum Gasteiger partial charge on any atom is 0.257 e. The Bertz CT molecular complexity index is 876.